The molecule has 2 N–H and O–H groups in total. The minimum Gasteiger partial charge on any atom is -0.298 e. The summed E-state index contributed by atoms with van der Waals surface area (Å²) in [7, 11) is -3.73. The summed E-state index contributed by atoms with van der Waals surface area (Å²) >= 11 is 1.14. The minimum absolute atomic E-state index is 0.00699. The van der Waals surface area contributed by atoms with E-state index in [0.717, 1.165) is 11.3 Å². The van der Waals surface area contributed by atoms with Gasteiger partial charge in [0.05, 0.1) is 21.2 Å². The van der Waals surface area contributed by atoms with Gasteiger partial charge in [0, 0.05) is 18.5 Å². The van der Waals surface area contributed by atoms with Crippen LogP contribution < -0.4 is 10.0 Å². The highest BCUT2D eigenvalue weighted by atomic mass is 32.2. The van der Waals surface area contributed by atoms with Crippen LogP contribution in [0.2, 0.25) is 0 Å². The van der Waals surface area contributed by atoms with Crippen molar-refractivity contribution < 1.29 is 17.6 Å². The zero-order valence-corrected chi connectivity index (χ0v) is 15.4. The van der Waals surface area contributed by atoms with Gasteiger partial charge in [0.1, 0.15) is 5.82 Å². The summed E-state index contributed by atoms with van der Waals surface area (Å²) in [4.78, 5) is 16.5. The highest BCUT2D eigenvalue weighted by Crippen LogP contribution is 2.26. The van der Waals surface area contributed by atoms with Crippen LogP contribution in [-0.4, -0.2) is 25.9 Å². The van der Waals surface area contributed by atoms with Crippen molar-refractivity contribution in [2.24, 2.45) is 0 Å². The summed E-state index contributed by atoms with van der Waals surface area (Å²) in [5, 5.41) is 11.4. The van der Waals surface area contributed by atoms with Crippen LogP contribution in [0, 0.1) is 17.1 Å². The molecule has 2 aromatic carbocycles. The number of benzene rings is 2. The second kappa shape index (κ2) is 7.79. The van der Waals surface area contributed by atoms with Gasteiger partial charge < -0.3 is 0 Å². The molecule has 3 rings (SSSR count). The molecule has 10 heteroatoms. The van der Waals surface area contributed by atoms with E-state index in [1.165, 1.54) is 42.5 Å². The average Bonchev–Trinajstić information content (AvgIpc) is 3.03. The number of nitriles is 1. The van der Waals surface area contributed by atoms with Gasteiger partial charge in [-0.15, -0.1) is 0 Å². The Balaban J connectivity index is 1.72. The van der Waals surface area contributed by atoms with Crippen LogP contribution >= 0.6 is 11.3 Å². The molecule has 7 nitrogen and oxygen atoms in total. The summed E-state index contributed by atoms with van der Waals surface area (Å²) in [6, 6.07) is 11.4. The number of carbonyl (C=O) groups is 1. The number of carbonyl (C=O) groups excluding carboxylic acids is 1. The number of fused-ring (bicyclic) bond motifs is 1. The number of anilines is 1. The molecule has 0 atom stereocenters. The third-order valence-corrected chi connectivity index (χ3v) is 5.94. The van der Waals surface area contributed by atoms with E-state index in [1.807, 2.05) is 6.07 Å². The Morgan fingerprint density at radius 3 is 2.67 bits per heavy atom. The third-order valence-electron chi connectivity index (χ3n) is 3.53. The molecule has 0 fully saturated rings. The lowest BCUT2D eigenvalue weighted by Crippen LogP contribution is -2.24. The number of nitrogens with one attached hydrogen (secondary N) is 2. The number of hydrogen-bond acceptors (Lipinski definition) is 6. The van der Waals surface area contributed by atoms with Crippen molar-refractivity contribution in [1.82, 2.24) is 9.71 Å². The lowest BCUT2D eigenvalue weighted by atomic mass is 10.2. The number of aromatic nitrogens is 1. The number of halogens is 1. The standard InChI is InChI=1S/C17H13FN4O3S2/c18-12-4-7-14-15(10-12)26-17(21-14)22-16(23)11-2-5-13(6-3-11)27(24,25)20-9-1-8-19/h2-7,10,20H,1,9H2,(H,21,22,23). The van der Waals surface area contributed by atoms with Gasteiger partial charge in [-0.3, -0.25) is 10.1 Å². The molecule has 1 aromatic heterocycles. The van der Waals surface area contributed by atoms with Gasteiger partial charge in [-0.2, -0.15) is 5.26 Å². The summed E-state index contributed by atoms with van der Waals surface area (Å²) in [6.45, 7) is 0.0132. The van der Waals surface area contributed by atoms with Gasteiger partial charge in [0.15, 0.2) is 5.13 Å². The van der Waals surface area contributed by atoms with Crippen molar-refractivity contribution >= 4 is 42.6 Å². The van der Waals surface area contributed by atoms with Crippen molar-refractivity contribution in [3.05, 3.63) is 53.8 Å². The molecule has 0 unspecified atom stereocenters. The molecule has 0 saturated carbocycles. The van der Waals surface area contributed by atoms with Crippen molar-refractivity contribution in [3.8, 4) is 6.07 Å². The van der Waals surface area contributed by atoms with E-state index in [9.17, 15) is 17.6 Å². The van der Waals surface area contributed by atoms with Crippen molar-refractivity contribution in [1.29, 1.82) is 5.26 Å². The Hall–Kier alpha value is -2.87. The normalized spacial score (nSPS) is 11.3. The first-order valence-corrected chi connectivity index (χ1v) is 10.0. The fourth-order valence-corrected chi connectivity index (χ4v) is 4.15. The fraction of sp³-hybridized carbons (Fsp3) is 0.118. The number of nitrogens with zero attached hydrogens (tertiary/aromatic N) is 2. The summed E-state index contributed by atoms with van der Waals surface area (Å²) in [6.07, 6.45) is 0.0613. The molecule has 0 saturated heterocycles. The van der Waals surface area contributed by atoms with Crippen LogP contribution in [0.4, 0.5) is 9.52 Å². The van der Waals surface area contributed by atoms with E-state index in [4.69, 9.17) is 5.26 Å². The summed E-state index contributed by atoms with van der Waals surface area (Å²) in [5.41, 5.74) is 0.818. The second-order valence-corrected chi connectivity index (χ2v) is 8.21. The Kier molecular flexibility index (Phi) is 5.46. The number of rotatable bonds is 6. The van der Waals surface area contributed by atoms with Crippen molar-refractivity contribution in [2.45, 2.75) is 11.3 Å². The van der Waals surface area contributed by atoms with Crippen LogP contribution in [0.1, 0.15) is 16.8 Å². The Labute approximate surface area is 158 Å². The first-order valence-electron chi connectivity index (χ1n) is 7.73. The Bertz CT molecular complexity index is 1140. The largest absolute Gasteiger partial charge is 0.298 e. The van der Waals surface area contributed by atoms with E-state index >= 15 is 0 Å². The van der Waals surface area contributed by atoms with E-state index in [1.54, 1.807) is 0 Å². The highest BCUT2D eigenvalue weighted by Gasteiger charge is 2.15. The first kappa shape index (κ1) is 18.9. The molecule has 0 aliphatic heterocycles. The molecule has 1 amide bonds. The lowest BCUT2D eigenvalue weighted by Gasteiger charge is -2.06. The predicted octanol–water partition coefficient (Wildman–Crippen LogP) is 2.88. The van der Waals surface area contributed by atoms with Crippen LogP contribution in [0.25, 0.3) is 10.2 Å². The van der Waals surface area contributed by atoms with E-state index < -0.39 is 15.9 Å². The van der Waals surface area contributed by atoms with Gasteiger partial charge in [-0.1, -0.05) is 11.3 Å². The highest BCUT2D eigenvalue weighted by molar-refractivity contribution is 7.89. The van der Waals surface area contributed by atoms with Gasteiger partial charge in [-0.25, -0.2) is 22.5 Å². The molecule has 3 aromatic rings. The van der Waals surface area contributed by atoms with Gasteiger partial charge in [0.2, 0.25) is 10.0 Å². The quantitative estimate of drug-likeness (QED) is 0.614. The molecule has 0 bridgehead atoms. The number of sulfonamides is 1. The monoisotopic (exact) mass is 404 g/mol. The number of amides is 1. The van der Waals surface area contributed by atoms with Crippen LogP contribution in [0.5, 0.6) is 0 Å². The Morgan fingerprint density at radius 1 is 1.22 bits per heavy atom. The molecule has 1 heterocycles. The number of thiazole rings is 1. The van der Waals surface area contributed by atoms with E-state index in [0.29, 0.717) is 15.3 Å². The van der Waals surface area contributed by atoms with Gasteiger partial charge in [-0.05, 0) is 42.5 Å². The maximum atomic E-state index is 13.2. The molecule has 0 spiro atoms. The summed E-state index contributed by atoms with van der Waals surface area (Å²) in [5.74, 6) is -0.847. The zero-order chi connectivity index (χ0) is 19.4. The molecule has 27 heavy (non-hydrogen) atoms. The SMILES string of the molecule is N#CCCNS(=O)(=O)c1ccc(C(=O)Nc2nc3ccc(F)cc3s2)cc1. The Morgan fingerprint density at radius 2 is 1.96 bits per heavy atom. The molecule has 0 aliphatic carbocycles. The molecule has 0 radical (unpaired) electrons. The fourth-order valence-electron chi connectivity index (χ4n) is 2.23. The van der Waals surface area contributed by atoms with Crippen LogP contribution in [0.3, 0.4) is 0 Å². The van der Waals surface area contributed by atoms with Crippen molar-refractivity contribution in [3.63, 3.8) is 0 Å². The molecular formula is C17H13FN4O3S2. The van der Waals surface area contributed by atoms with E-state index in [2.05, 4.69) is 15.0 Å². The maximum absolute atomic E-state index is 13.2. The molecule has 0 aliphatic rings. The molecule has 138 valence electrons. The third kappa shape index (κ3) is 4.46. The second-order valence-electron chi connectivity index (χ2n) is 5.42. The zero-order valence-electron chi connectivity index (χ0n) is 13.8. The topological polar surface area (TPSA) is 112 Å². The summed E-state index contributed by atoms with van der Waals surface area (Å²) < 4.78 is 40.2. The predicted molar refractivity (Wildman–Crippen MR) is 99.4 cm³/mol. The number of hydrogen-bond donors (Lipinski definition) is 2. The van der Waals surface area contributed by atoms with Crippen LogP contribution in [-0.2, 0) is 10.0 Å². The van der Waals surface area contributed by atoms with Gasteiger partial charge >= 0.3 is 0 Å². The van der Waals surface area contributed by atoms with Gasteiger partial charge in [0.25, 0.3) is 5.91 Å². The van der Waals surface area contributed by atoms with Crippen molar-refractivity contribution in [2.75, 3.05) is 11.9 Å². The van der Waals surface area contributed by atoms with Crippen LogP contribution in [0.15, 0.2) is 47.4 Å². The lowest BCUT2D eigenvalue weighted by molar-refractivity contribution is 0.102. The first-order chi connectivity index (χ1) is 12.9. The minimum atomic E-state index is -3.73. The average molecular weight is 404 g/mol. The smallest absolute Gasteiger partial charge is 0.257 e. The molecular weight excluding hydrogens is 391 g/mol. The maximum Gasteiger partial charge on any atom is 0.257 e. The van der Waals surface area contributed by atoms with E-state index in [-0.39, 0.29) is 29.2 Å².